The second kappa shape index (κ2) is 4.01. The Hall–Kier alpha value is -1.59. The quantitative estimate of drug-likeness (QED) is 0.852. The first-order valence-corrected chi connectivity index (χ1v) is 6.07. The van der Waals surface area contributed by atoms with E-state index in [1.807, 2.05) is 0 Å². The van der Waals surface area contributed by atoms with E-state index in [1.54, 1.807) is 0 Å². The molecule has 1 saturated carbocycles. The molecule has 17 heavy (non-hydrogen) atoms. The molecule has 1 aromatic heterocycles. The van der Waals surface area contributed by atoms with E-state index in [1.165, 1.54) is 6.42 Å². The van der Waals surface area contributed by atoms with Crippen LogP contribution in [0.1, 0.15) is 37.5 Å². The molecule has 3 rings (SSSR count). The van der Waals surface area contributed by atoms with Gasteiger partial charge in [0.05, 0.1) is 11.8 Å². The summed E-state index contributed by atoms with van der Waals surface area (Å²) >= 11 is 0. The number of carbonyl (C=O) groups is 1. The Kier molecular flexibility index (Phi) is 2.49. The highest BCUT2D eigenvalue weighted by Gasteiger charge is 2.48. The zero-order chi connectivity index (χ0) is 11.8. The van der Waals surface area contributed by atoms with Gasteiger partial charge in [-0.05, 0) is 30.8 Å². The van der Waals surface area contributed by atoms with Gasteiger partial charge in [0.15, 0.2) is 0 Å². The van der Waals surface area contributed by atoms with Crippen LogP contribution in [0.2, 0.25) is 0 Å². The van der Waals surface area contributed by atoms with Crippen LogP contribution in [0.15, 0.2) is 4.52 Å². The van der Waals surface area contributed by atoms with Crippen molar-refractivity contribution in [3.63, 3.8) is 0 Å². The number of carboxylic acids is 1. The van der Waals surface area contributed by atoms with E-state index in [0.717, 1.165) is 25.9 Å². The second-order valence-electron chi connectivity index (χ2n) is 4.77. The van der Waals surface area contributed by atoms with Crippen LogP contribution in [0.25, 0.3) is 0 Å². The Morgan fingerprint density at radius 1 is 1.35 bits per heavy atom. The lowest BCUT2D eigenvalue weighted by molar-refractivity contribution is -0.138. The third-order valence-electron chi connectivity index (χ3n) is 3.49. The van der Waals surface area contributed by atoms with E-state index in [-0.39, 0.29) is 11.8 Å². The maximum absolute atomic E-state index is 10.8. The van der Waals surface area contributed by atoms with Gasteiger partial charge < -0.3 is 14.5 Å². The van der Waals surface area contributed by atoms with Crippen molar-refractivity contribution >= 4 is 11.9 Å². The van der Waals surface area contributed by atoms with E-state index < -0.39 is 5.97 Å². The molecule has 92 valence electrons. The fourth-order valence-corrected chi connectivity index (χ4v) is 2.34. The van der Waals surface area contributed by atoms with Crippen molar-refractivity contribution in [3.8, 4) is 0 Å². The zero-order valence-electron chi connectivity index (χ0n) is 9.50. The molecule has 1 aliphatic carbocycles. The number of rotatable bonds is 3. The third kappa shape index (κ3) is 1.99. The van der Waals surface area contributed by atoms with E-state index in [2.05, 4.69) is 15.0 Å². The van der Waals surface area contributed by atoms with Crippen LogP contribution >= 0.6 is 0 Å². The Morgan fingerprint density at radius 3 is 2.76 bits per heavy atom. The van der Waals surface area contributed by atoms with E-state index in [9.17, 15) is 4.79 Å². The number of aliphatic carboxylic acids is 1. The van der Waals surface area contributed by atoms with Crippen LogP contribution in [0.5, 0.6) is 0 Å². The number of hydrogen-bond donors (Lipinski definition) is 1. The Morgan fingerprint density at radius 2 is 2.12 bits per heavy atom. The molecule has 1 N–H and O–H groups in total. The average Bonchev–Trinajstić information content (AvgIpc) is 3.01. The predicted molar refractivity (Wildman–Crippen MR) is 58.8 cm³/mol. The van der Waals surface area contributed by atoms with E-state index in [4.69, 9.17) is 9.63 Å². The molecule has 2 unspecified atom stereocenters. The van der Waals surface area contributed by atoms with Crippen molar-refractivity contribution in [2.75, 3.05) is 18.0 Å². The smallest absolute Gasteiger partial charge is 0.307 e. The molecule has 0 bridgehead atoms. The summed E-state index contributed by atoms with van der Waals surface area (Å²) in [6.07, 6.45) is 4.19. The molecule has 0 radical (unpaired) electrons. The Bertz CT molecular complexity index is 425. The molecule has 0 aromatic carbocycles. The van der Waals surface area contributed by atoms with Crippen LogP contribution in [0, 0.1) is 5.92 Å². The molecule has 2 atom stereocenters. The standard InChI is InChI=1S/C11H15N3O3/c15-10(16)8-6-7(8)9-12-11(13-17-9)14-4-2-1-3-5-14/h7-8H,1-6H2,(H,15,16). The first-order valence-electron chi connectivity index (χ1n) is 6.07. The van der Waals surface area contributed by atoms with Crippen LogP contribution in [-0.2, 0) is 4.79 Å². The minimum absolute atomic E-state index is 0.0708. The van der Waals surface area contributed by atoms with Crippen LogP contribution < -0.4 is 4.90 Å². The van der Waals surface area contributed by atoms with Crippen molar-refractivity contribution < 1.29 is 14.4 Å². The van der Waals surface area contributed by atoms with Gasteiger partial charge in [-0.1, -0.05) is 0 Å². The molecule has 1 aromatic rings. The normalized spacial score (nSPS) is 28.1. The first-order chi connectivity index (χ1) is 8.25. The summed E-state index contributed by atoms with van der Waals surface area (Å²) in [5.74, 6) is -0.0652. The summed E-state index contributed by atoms with van der Waals surface area (Å²) < 4.78 is 5.16. The molecule has 0 amide bonds. The number of anilines is 1. The lowest BCUT2D eigenvalue weighted by Gasteiger charge is -2.24. The first kappa shape index (κ1) is 10.6. The number of nitrogens with zero attached hydrogens (tertiary/aromatic N) is 3. The number of piperidine rings is 1. The minimum atomic E-state index is -0.771. The minimum Gasteiger partial charge on any atom is -0.481 e. The largest absolute Gasteiger partial charge is 0.481 e. The predicted octanol–water partition coefficient (Wildman–Crippen LogP) is 1.25. The van der Waals surface area contributed by atoms with Crippen molar-refractivity contribution in [3.05, 3.63) is 5.89 Å². The summed E-state index contributed by atoms with van der Waals surface area (Å²) in [7, 11) is 0. The molecule has 2 aliphatic rings. The number of carboxylic acid groups (broad SMARTS) is 1. The van der Waals surface area contributed by atoms with E-state index >= 15 is 0 Å². The fraction of sp³-hybridized carbons (Fsp3) is 0.727. The van der Waals surface area contributed by atoms with Gasteiger partial charge in [-0.3, -0.25) is 4.79 Å². The molecule has 6 heteroatoms. The Balaban J connectivity index is 1.68. The monoisotopic (exact) mass is 237 g/mol. The Labute approximate surface area is 98.6 Å². The van der Waals surface area contributed by atoms with Gasteiger partial charge in [0.2, 0.25) is 5.89 Å². The van der Waals surface area contributed by atoms with Crippen molar-refractivity contribution in [2.24, 2.45) is 5.92 Å². The highest BCUT2D eigenvalue weighted by Crippen LogP contribution is 2.47. The van der Waals surface area contributed by atoms with Gasteiger partial charge in [-0.15, -0.1) is 0 Å². The summed E-state index contributed by atoms with van der Waals surface area (Å²) in [6, 6.07) is 0. The number of hydrogen-bond acceptors (Lipinski definition) is 5. The summed E-state index contributed by atoms with van der Waals surface area (Å²) in [5, 5.41) is 12.8. The summed E-state index contributed by atoms with van der Waals surface area (Å²) in [6.45, 7) is 1.93. The average molecular weight is 237 g/mol. The SMILES string of the molecule is O=C(O)C1CC1c1nc(N2CCCCC2)no1. The molecule has 2 fully saturated rings. The number of aromatic nitrogens is 2. The molecular weight excluding hydrogens is 222 g/mol. The van der Waals surface area contributed by atoms with Gasteiger partial charge in [0.25, 0.3) is 5.95 Å². The van der Waals surface area contributed by atoms with Crippen molar-refractivity contribution in [1.82, 2.24) is 10.1 Å². The molecule has 2 heterocycles. The molecular formula is C11H15N3O3. The summed E-state index contributed by atoms with van der Waals surface area (Å²) in [4.78, 5) is 17.2. The van der Waals surface area contributed by atoms with Crippen molar-refractivity contribution in [2.45, 2.75) is 31.6 Å². The maximum Gasteiger partial charge on any atom is 0.307 e. The molecule has 6 nitrogen and oxygen atoms in total. The van der Waals surface area contributed by atoms with Gasteiger partial charge in [-0.25, -0.2) is 0 Å². The third-order valence-corrected chi connectivity index (χ3v) is 3.49. The van der Waals surface area contributed by atoms with Gasteiger partial charge in [0.1, 0.15) is 0 Å². The second-order valence-corrected chi connectivity index (χ2v) is 4.77. The van der Waals surface area contributed by atoms with Crippen LogP contribution in [0.3, 0.4) is 0 Å². The molecule has 0 spiro atoms. The van der Waals surface area contributed by atoms with Gasteiger partial charge >= 0.3 is 5.97 Å². The topological polar surface area (TPSA) is 79.5 Å². The van der Waals surface area contributed by atoms with Crippen molar-refractivity contribution in [1.29, 1.82) is 0 Å². The van der Waals surface area contributed by atoms with Crippen LogP contribution in [0.4, 0.5) is 5.95 Å². The lowest BCUT2D eigenvalue weighted by Crippen LogP contribution is -2.30. The fourth-order valence-electron chi connectivity index (χ4n) is 2.34. The molecule has 1 aliphatic heterocycles. The van der Waals surface area contributed by atoms with Crippen LogP contribution in [-0.4, -0.2) is 34.3 Å². The highest BCUT2D eigenvalue weighted by atomic mass is 16.5. The summed E-state index contributed by atoms with van der Waals surface area (Å²) in [5.41, 5.74) is 0. The van der Waals surface area contributed by atoms with Gasteiger partial charge in [-0.2, -0.15) is 4.98 Å². The highest BCUT2D eigenvalue weighted by molar-refractivity contribution is 5.74. The lowest BCUT2D eigenvalue weighted by atomic mass is 10.1. The van der Waals surface area contributed by atoms with Gasteiger partial charge in [0, 0.05) is 13.1 Å². The zero-order valence-corrected chi connectivity index (χ0v) is 9.50. The maximum atomic E-state index is 10.8. The molecule has 1 saturated heterocycles. The van der Waals surface area contributed by atoms with E-state index in [0.29, 0.717) is 18.3 Å².